The molecule has 1 unspecified atom stereocenters. The van der Waals surface area contributed by atoms with Gasteiger partial charge in [-0.3, -0.25) is 0 Å². The Morgan fingerprint density at radius 2 is 2.07 bits per heavy atom. The number of hydrogen-bond donors (Lipinski definition) is 2. The standard InChI is InChI=1S/C16H26N6O4P/c1-11(2)26-15(23)16(3,4)21-27(24)10-25-7-6-22-9-20-12-13(17-5)18-8-19-14(12)22/h8-9,11H,6-7,10H2,1-5H3,(H,21,24)(H,17,18,19)/q+1. The Kier molecular flexibility index (Phi) is 7.18. The van der Waals surface area contributed by atoms with Crippen molar-refractivity contribution in [2.24, 2.45) is 0 Å². The molecule has 0 fully saturated rings. The average Bonchev–Trinajstić information content (AvgIpc) is 3.01. The van der Waals surface area contributed by atoms with Gasteiger partial charge < -0.3 is 19.4 Å². The number of hydrogen-bond acceptors (Lipinski definition) is 8. The topological polar surface area (TPSA) is 120 Å². The normalized spacial score (nSPS) is 12.4. The number of carbonyl (C=O) groups excluding carboxylic acids is 1. The molecular weight excluding hydrogens is 371 g/mol. The van der Waals surface area contributed by atoms with Crippen LogP contribution in [-0.2, 0) is 25.4 Å². The van der Waals surface area contributed by atoms with E-state index in [1.807, 2.05) is 4.57 Å². The van der Waals surface area contributed by atoms with Gasteiger partial charge in [-0.1, -0.05) is 5.09 Å². The number of aromatic nitrogens is 4. The highest BCUT2D eigenvalue weighted by molar-refractivity contribution is 7.42. The van der Waals surface area contributed by atoms with Crippen LogP contribution in [0.25, 0.3) is 11.2 Å². The molecule has 2 N–H and O–H groups in total. The fraction of sp³-hybridized carbons (Fsp3) is 0.625. The molecular formula is C16H26N6O4P+. The molecule has 0 amide bonds. The lowest BCUT2D eigenvalue weighted by Crippen LogP contribution is -2.45. The molecule has 10 nitrogen and oxygen atoms in total. The Bertz CT molecular complexity index is 807. The van der Waals surface area contributed by atoms with Gasteiger partial charge in [-0.25, -0.2) is 19.7 Å². The van der Waals surface area contributed by atoms with E-state index < -0.39 is 19.5 Å². The maximum absolute atomic E-state index is 12.2. The lowest BCUT2D eigenvalue weighted by atomic mass is 10.1. The molecule has 0 aromatic carbocycles. The van der Waals surface area contributed by atoms with Crippen molar-refractivity contribution in [2.45, 2.75) is 45.9 Å². The molecule has 0 aliphatic rings. The van der Waals surface area contributed by atoms with E-state index >= 15 is 0 Å². The fourth-order valence-corrected chi connectivity index (χ4v) is 3.36. The highest BCUT2D eigenvalue weighted by atomic mass is 31.1. The first-order valence-corrected chi connectivity index (χ1v) is 10.0. The van der Waals surface area contributed by atoms with Crippen molar-refractivity contribution in [2.75, 3.05) is 25.3 Å². The van der Waals surface area contributed by atoms with Crippen LogP contribution >= 0.6 is 7.95 Å². The van der Waals surface area contributed by atoms with E-state index in [2.05, 4.69) is 25.4 Å². The summed E-state index contributed by atoms with van der Waals surface area (Å²) in [4.78, 5) is 24.6. The Morgan fingerprint density at radius 1 is 1.33 bits per heavy atom. The third-order valence-corrected chi connectivity index (χ3v) is 4.81. The number of anilines is 1. The predicted molar refractivity (Wildman–Crippen MR) is 102 cm³/mol. The second-order valence-corrected chi connectivity index (χ2v) is 7.93. The van der Waals surface area contributed by atoms with E-state index in [0.29, 0.717) is 30.1 Å². The minimum atomic E-state index is -1.92. The van der Waals surface area contributed by atoms with Crippen LogP contribution in [0.2, 0.25) is 0 Å². The molecule has 2 rings (SSSR count). The number of esters is 1. The SMILES string of the molecule is CNc1ncnc2c1ncn2CCOC[P+](=O)NC(C)(C)C(=O)OC(C)C. The summed E-state index contributed by atoms with van der Waals surface area (Å²) in [6, 6.07) is 0. The summed E-state index contributed by atoms with van der Waals surface area (Å²) < 4.78 is 24.6. The molecule has 0 saturated heterocycles. The smallest absolute Gasteiger partial charge is 0.461 e. The largest absolute Gasteiger partial charge is 0.462 e. The second-order valence-electron chi connectivity index (χ2n) is 6.69. The van der Waals surface area contributed by atoms with Crippen LogP contribution in [0.4, 0.5) is 5.82 Å². The zero-order valence-electron chi connectivity index (χ0n) is 16.2. The van der Waals surface area contributed by atoms with Crippen LogP contribution in [0.1, 0.15) is 27.7 Å². The molecule has 0 aliphatic heterocycles. The molecule has 148 valence electrons. The first kappa shape index (κ1) is 21.1. The minimum absolute atomic E-state index is 0.0168. The zero-order chi connectivity index (χ0) is 20.0. The van der Waals surface area contributed by atoms with E-state index in [9.17, 15) is 9.36 Å². The van der Waals surface area contributed by atoms with Gasteiger partial charge in [0.1, 0.15) is 11.8 Å². The lowest BCUT2D eigenvalue weighted by Gasteiger charge is -2.20. The van der Waals surface area contributed by atoms with E-state index in [1.54, 1.807) is 41.1 Å². The maximum atomic E-state index is 12.2. The van der Waals surface area contributed by atoms with Crippen molar-refractivity contribution in [1.82, 2.24) is 24.6 Å². The van der Waals surface area contributed by atoms with E-state index in [-0.39, 0.29) is 12.5 Å². The summed E-state index contributed by atoms with van der Waals surface area (Å²) >= 11 is 0. The van der Waals surface area contributed by atoms with Gasteiger partial charge in [0.05, 0.1) is 19.0 Å². The van der Waals surface area contributed by atoms with E-state index in [4.69, 9.17) is 9.47 Å². The van der Waals surface area contributed by atoms with Gasteiger partial charge >= 0.3 is 13.9 Å². The predicted octanol–water partition coefficient (Wildman–Crippen LogP) is 1.90. The van der Waals surface area contributed by atoms with E-state index in [1.165, 1.54) is 6.33 Å². The minimum Gasteiger partial charge on any atom is -0.462 e. The average molecular weight is 397 g/mol. The van der Waals surface area contributed by atoms with Crippen molar-refractivity contribution in [3.05, 3.63) is 12.7 Å². The van der Waals surface area contributed by atoms with Crippen LogP contribution in [-0.4, -0.2) is 57.1 Å². The van der Waals surface area contributed by atoms with Gasteiger partial charge in [-0.15, -0.1) is 0 Å². The van der Waals surface area contributed by atoms with Crippen molar-refractivity contribution in [1.29, 1.82) is 0 Å². The molecule has 2 heterocycles. The molecule has 1 atom stereocenters. The number of carbonyl (C=O) groups is 1. The van der Waals surface area contributed by atoms with E-state index in [0.717, 1.165) is 0 Å². The molecule has 27 heavy (non-hydrogen) atoms. The molecule has 0 radical (unpaired) electrons. The summed E-state index contributed by atoms with van der Waals surface area (Å²) in [5, 5.41) is 5.73. The molecule has 2 aromatic heterocycles. The number of nitrogens with one attached hydrogen (secondary N) is 2. The van der Waals surface area contributed by atoms with Crippen molar-refractivity contribution in [3.63, 3.8) is 0 Å². The molecule has 0 saturated carbocycles. The Morgan fingerprint density at radius 3 is 2.74 bits per heavy atom. The maximum Gasteiger partial charge on any atom is 0.461 e. The Labute approximate surface area is 158 Å². The van der Waals surface area contributed by atoms with Crippen molar-refractivity contribution >= 4 is 30.9 Å². The molecule has 0 spiro atoms. The summed E-state index contributed by atoms with van der Waals surface area (Å²) in [5.74, 6) is 0.202. The fourth-order valence-electron chi connectivity index (χ4n) is 2.29. The van der Waals surface area contributed by atoms with Gasteiger partial charge in [0, 0.05) is 13.6 Å². The second kappa shape index (κ2) is 9.16. The monoisotopic (exact) mass is 397 g/mol. The first-order valence-electron chi connectivity index (χ1n) is 8.59. The van der Waals surface area contributed by atoms with Crippen molar-refractivity contribution < 1.29 is 18.8 Å². The zero-order valence-corrected chi connectivity index (χ0v) is 17.1. The summed E-state index contributed by atoms with van der Waals surface area (Å²) in [7, 11) is -0.151. The quantitative estimate of drug-likeness (QED) is 0.352. The van der Waals surface area contributed by atoms with Crippen LogP contribution in [0.3, 0.4) is 0 Å². The summed E-state index contributed by atoms with van der Waals surface area (Å²) in [6.07, 6.45) is 2.88. The van der Waals surface area contributed by atoms with Crippen LogP contribution in [0.15, 0.2) is 12.7 Å². The van der Waals surface area contributed by atoms with Gasteiger partial charge in [0.2, 0.25) is 0 Å². The number of fused-ring (bicyclic) bond motifs is 1. The van der Waals surface area contributed by atoms with Crippen LogP contribution in [0, 0.1) is 0 Å². The number of imidazole rings is 1. The summed E-state index contributed by atoms with van der Waals surface area (Å²) in [5.41, 5.74) is 0.318. The van der Waals surface area contributed by atoms with Crippen LogP contribution in [0.5, 0.6) is 0 Å². The lowest BCUT2D eigenvalue weighted by molar-refractivity contribution is -0.153. The van der Waals surface area contributed by atoms with Gasteiger partial charge in [-0.2, -0.15) is 0 Å². The highest BCUT2D eigenvalue weighted by Gasteiger charge is 2.37. The Hall–Kier alpha value is -2.16. The molecule has 11 heteroatoms. The third kappa shape index (κ3) is 5.66. The Balaban J connectivity index is 1.81. The van der Waals surface area contributed by atoms with Gasteiger partial charge in [-0.05, 0) is 32.3 Å². The molecule has 0 bridgehead atoms. The third-order valence-electron chi connectivity index (χ3n) is 3.58. The highest BCUT2D eigenvalue weighted by Crippen LogP contribution is 2.22. The summed E-state index contributed by atoms with van der Waals surface area (Å²) in [6.45, 7) is 7.61. The first-order chi connectivity index (χ1) is 12.7. The number of ether oxygens (including phenoxy) is 2. The number of rotatable bonds is 10. The molecule has 0 aliphatic carbocycles. The van der Waals surface area contributed by atoms with Crippen LogP contribution < -0.4 is 10.4 Å². The van der Waals surface area contributed by atoms with Gasteiger partial charge in [0.25, 0.3) is 6.35 Å². The number of nitrogens with zero attached hydrogens (tertiary/aromatic N) is 4. The van der Waals surface area contributed by atoms with Gasteiger partial charge in [0.15, 0.2) is 17.0 Å². The van der Waals surface area contributed by atoms with Crippen molar-refractivity contribution in [3.8, 4) is 0 Å². The molecule has 2 aromatic rings.